The van der Waals surface area contributed by atoms with E-state index in [4.69, 9.17) is 10.2 Å². The average Bonchev–Trinajstić information content (AvgIpc) is 2.84. The van der Waals surface area contributed by atoms with Gasteiger partial charge in [-0.1, -0.05) is 25.5 Å². The molecule has 1 aliphatic rings. The highest BCUT2D eigenvalue weighted by Gasteiger charge is 2.29. The van der Waals surface area contributed by atoms with Crippen molar-refractivity contribution in [1.82, 2.24) is 16.0 Å². The van der Waals surface area contributed by atoms with Crippen molar-refractivity contribution in [3.63, 3.8) is 0 Å². The third-order valence-electron chi connectivity index (χ3n) is 4.63. The van der Waals surface area contributed by atoms with Gasteiger partial charge in [0.15, 0.2) is 0 Å². The van der Waals surface area contributed by atoms with E-state index in [2.05, 4.69) is 16.0 Å². The Labute approximate surface area is 175 Å². The van der Waals surface area contributed by atoms with E-state index in [9.17, 15) is 24.0 Å². The number of carboxylic acids is 2. The molecule has 1 rings (SSSR count). The van der Waals surface area contributed by atoms with Crippen molar-refractivity contribution in [3.8, 4) is 0 Å². The molecule has 168 valence electrons. The molecule has 10 heteroatoms. The molecule has 1 heterocycles. The lowest BCUT2D eigenvalue weighted by Gasteiger charge is -2.21. The van der Waals surface area contributed by atoms with Crippen molar-refractivity contribution >= 4 is 29.7 Å². The number of amides is 3. The zero-order valence-electron chi connectivity index (χ0n) is 17.2. The van der Waals surface area contributed by atoms with Crippen LogP contribution in [0, 0.1) is 5.92 Å². The van der Waals surface area contributed by atoms with Gasteiger partial charge in [-0.05, 0) is 31.6 Å². The van der Waals surface area contributed by atoms with Crippen LogP contribution in [0.1, 0.15) is 58.3 Å². The molecule has 10 nitrogen and oxygen atoms in total. The summed E-state index contributed by atoms with van der Waals surface area (Å²) in [5.41, 5.74) is 0. The normalized spacial score (nSPS) is 18.7. The number of unbranched alkanes of at least 4 members (excludes halogenated alkanes) is 1. The molecule has 0 saturated carbocycles. The Balaban J connectivity index is 2.77. The SMILES string of the molecule is CCCC=CC(CC(=O)O)CC(=O)NC(CC(=O)O)C(=O)NC1CCCCNC1=O. The van der Waals surface area contributed by atoms with Crippen LogP contribution in [-0.4, -0.2) is 58.5 Å². The van der Waals surface area contributed by atoms with E-state index in [0.717, 1.165) is 25.7 Å². The second-order valence-corrected chi connectivity index (χ2v) is 7.34. The molecule has 0 aromatic heterocycles. The van der Waals surface area contributed by atoms with Gasteiger partial charge in [0, 0.05) is 13.0 Å². The molecule has 1 aliphatic heterocycles. The molecular formula is C20H31N3O7. The molecule has 0 aromatic carbocycles. The minimum Gasteiger partial charge on any atom is -0.481 e. The lowest BCUT2D eigenvalue weighted by Crippen LogP contribution is -2.53. The highest BCUT2D eigenvalue weighted by molar-refractivity contribution is 5.94. The maximum Gasteiger partial charge on any atom is 0.305 e. The van der Waals surface area contributed by atoms with Gasteiger partial charge >= 0.3 is 11.9 Å². The van der Waals surface area contributed by atoms with Crippen molar-refractivity contribution in [2.75, 3.05) is 6.54 Å². The Morgan fingerprint density at radius 1 is 1.13 bits per heavy atom. The van der Waals surface area contributed by atoms with E-state index >= 15 is 0 Å². The molecule has 0 radical (unpaired) electrons. The molecule has 0 aromatic rings. The van der Waals surface area contributed by atoms with Crippen molar-refractivity contribution in [2.24, 2.45) is 5.92 Å². The minimum atomic E-state index is -1.36. The van der Waals surface area contributed by atoms with Gasteiger partial charge in [-0.15, -0.1) is 0 Å². The number of hydrogen-bond acceptors (Lipinski definition) is 5. The fourth-order valence-corrected chi connectivity index (χ4v) is 3.11. The Morgan fingerprint density at radius 2 is 1.83 bits per heavy atom. The van der Waals surface area contributed by atoms with Crippen LogP contribution in [0.5, 0.6) is 0 Å². The molecule has 1 fully saturated rings. The number of aliphatic carboxylic acids is 2. The van der Waals surface area contributed by atoms with Gasteiger partial charge in [-0.2, -0.15) is 0 Å². The lowest BCUT2D eigenvalue weighted by molar-refractivity contribution is -0.141. The summed E-state index contributed by atoms with van der Waals surface area (Å²) in [7, 11) is 0. The number of carbonyl (C=O) groups excluding carboxylic acids is 3. The van der Waals surface area contributed by atoms with E-state index in [-0.39, 0.29) is 18.7 Å². The minimum absolute atomic E-state index is 0.195. The van der Waals surface area contributed by atoms with Crippen LogP contribution in [0.15, 0.2) is 12.2 Å². The monoisotopic (exact) mass is 425 g/mol. The van der Waals surface area contributed by atoms with Crippen molar-refractivity contribution in [2.45, 2.75) is 70.4 Å². The summed E-state index contributed by atoms with van der Waals surface area (Å²) in [6, 6.07) is -2.15. The highest BCUT2D eigenvalue weighted by atomic mass is 16.4. The van der Waals surface area contributed by atoms with Gasteiger partial charge in [0.2, 0.25) is 17.7 Å². The Hall–Kier alpha value is -2.91. The Bertz CT molecular complexity index is 663. The van der Waals surface area contributed by atoms with Crippen LogP contribution in [0.3, 0.4) is 0 Å². The smallest absolute Gasteiger partial charge is 0.305 e. The summed E-state index contributed by atoms with van der Waals surface area (Å²) in [5.74, 6) is -4.66. The maximum absolute atomic E-state index is 12.5. The van der Waals surface area contributed by atoms with Crippen LogP contribution in [0.4, 0.5) is 0 Å². The third-order valence-corrected chi connectivity index (χ3v) is 4.63. The number of allylic oxidation sites excluding steroid dienone is 2. The first-order valence-electron chi connectivity index (χ1n) is 10.2. The summed E-state index contributed by atoms with van der Waals surface area (Å²) in [4.78, 5) is 59.1. The maximum atomic E-state index is 12.5. The zero-order valence-corrected chi connectivity index (χ0v) is 17.2. The van der Waals surface area contributed by atoms with E-state index in [1.807, 2.05) is 6.92 Å². The van der Waals surface area contributed by atoms with E-state index in [1.54, 1.807) is 12.2 Å². The van der Waals surface area contributed by atoms with Crippen LogP contribution >= 0.6 is 0 Å². The molecule has 3 amide bonds. The van der Waals surface area contributed by atoms with Crippen LogP contribution in [0.2, 0.25) is 0 Å². The zero-order chi connectivity index (χ0) is 22.5. The fraction of sp³-hybridized carbons (Fsp3) is 0.650. The van der Waals surface area contributed by atoms with Crippen molar-refractivity contribution in [3.05, 3.63) is 12.2 Å². The van der Waals surface area contributed by atoms with Gasteiger partial charge < -0.3 is 26.2 Å². The Kier molecular flexibility index (Phi) is 11.2. The molecule has 3 unspecified atom stereocenters. The van der Waals surface area contributed by atoms with Gasteiger partial charge in [0.05, 0.1) is 12.8 Å². The fourth-order valence-electron chi connectivity index (χ4n) is 3.11. The number of carboxylic acid groups (broad SMARTS) is 2. The van der Waals surface area contributed by atoms with Crippen molar-refractivity contribution < 1.29 is 34.2 Å². The summed E-state index contributed by atoms with van der Waals surface area (Å²) < 4.78 is 0. The summed E-state index contributed by atoms with van der Waals surface area (Å²) >= 11 is 0. The highest BCUT2D eigenvalue weighted by Crippen LogP contribution is 2.13. The number of hydrogen-bond donors (Lipinski definition) is 5. The van der Waals surface area contributed by atoms with Crippen molar-refractivity contribution in [1.29, 1.82) is 0 Å². The van der Waals surface area contributed by atoms with Gasteiger partial charge in [0.1, 0.15) is 12.1 Å². The lowest BCUT2D eigenvalue weighted by atomic mass is 9.99. The largest absolute Gasteiger partial charge is 0.481 e. The molecule has 30 heavy (non-hydrogen) atoms. The van der Waals surface area contributed by atoms with Crippen LogP contribution < -0.4 is 16.0 Å². The van der Waals surface area contributed by atoms with Crippen LogP contribution in [-0.2, 0) is 24.0 Å². The Morgan fingerprint density at radius 3 is 2.47 bits per heavy atom. The predicted octanol–water partition coefficient (Wildman–Crippen LogP) is 0.568. The van der Waals surface area contributed by atoms with E-state index in [0.29, 0.717) is 13.0 Å². The molecule has 5 N–H and O–H groups in total. The van der Waals surface area contributed by atoms with E-state index in [1.165, 1.54) is 0 Å². The summed E-state index contributed by atoms with van der Waals surface area (Å²) in [5, 5.41) is 25.7. The molecular weight excluding hydrogens is 394 g/mol. The van der Waals surface area contributed by atoms with E-state index < -0.39 is 48.2 Å². The second-order valence-electron chi connectivity index (χ2n) is 7.34. The van der Waals surface area contributed by atoms with Gasteiger partial charge in [-0.3, -0.25) is 24.0 Å². The predicted molar refractivity (Wildman–Crippen MR) is 107 cm³/mol. The first kappa shape index (κ1) is 25.1. The summed E-state index contributed by atoms with van der Waals surface area (Å²) in [6.45, 7) is 2.48. The quantitative estimate of drug-likeness (QED) is 0.285. The average molecular weight is 425 g/mol. The topological polar surface area (TPSA) is 162 Å². The standard InChI is InChI=1S/C20H31N3O7/c1-2-3-4-7-13(11-17(25)26)10-16(24)22-15(12-18(27)28)20(30)23-14-8-5-6-9-21-19(14)29/h4,7,13-15H,2-3,5-6,8-12H2,1H3,(H,21,29)(H,22,24)(H,23,30)(H,25,26)(H,27,28). The van der Waals surface area contributed by atoms with Gasteiger partial charge in [0.25, 0.3) is 0 Å². The third kappa shape index (κ3) is 10.0. The number of nitrogens with one attached hydrogen (secondary N) is 3. The van der Waals surface area contributed by atoms with Crippen LogP contribution in [0.25, 0.3) is 0 Å². The molecule has 0 aliphatic carbocycles. The first-order valence-corrected chi connectivity index (χ1v) is 10.2. The molecule has 0 bridgehead atoms. The number of rotatable bonds is 12. The molecule has 0 spiro atoms. The second kappa shape index (κ2) is 13.3. The first-order chi connectivity index (χ1) is 14.2. The molecule has 1 saturated heterocycles. The summed E-state index contributed by atoms with van der Waals surface area (Å²) in [6.07, 6.45) is 5.89. The van der Waals surface area contributed by atoms with Gasteiger partial charge in [-0.25, -0.2) is 0 Å². The molecule has 3 atom stereocenters. The number of carbonyl (C=O) groups is 5.